The molecule has 1 rings (SSSR count). The highest BCUT2D eigenvalue weighted by Crippen LogP contribution is 2.14. The van der Waals surface area contributed by atoms with Crippen LogP contribution in [0.25, 0.3) is 0 Å². The number of nitrogens with zero attached hydrogens (tertiary/aromatic N) is 1. The number of hydrogen-bond donors (Lipinski definition) is 2. The van der Waals surface area contributed by atoms with E-state index in [1.54, 1.807) is 7.11 Å². The van der Waals surface area contributed by atoms with Crippen LogP contribution >= 0.6 is 24.0 Å². The number of benzene rings is 1. The maximum Gasteiger partial charge on any atom is 0.191 e. The Hall–Kier alpha value is -1.02. The third-order valence-electron chi connectivity index (χ3n) is 3.47. The van der Waals surface area contributed by atoms with Crippen LogP contribution in [0.4, 0.5) is 0 Å². The van der Waals surface area contributed by atoms with Gasteiger partial charge in [-0.15, -0.1) is 24.0 Å². The molecule has 25 heavy (non-hydrogen) atoms. The van der Waals surface area contributed by atoms with Crippen LogP contribution in [0, 0.1) is 5.92 Å². The molecule has 0 bridgehead atoms. The van der Waals surface area contributed by atoms with Crippen molar-refractivity contribution >= 4 is 29.9 Å². The normalized spacial score (nSPS) is 11.2. The fraction of sp³-hybridized carbons (Fsp3) is 0.632. The summed E-state index contributed by atoms with van der Waals surface area (Å²) in [5.74, 6) is 2.47. The van der Waals surface area contributed by atoms with Crippen molar-refractivity contribution in [3.05, 3.63) is 29.8 Å². The van der Waals surface area contributed by atoms with Gasteiger partial charge in [0.2, 0.25) is 0 Å². The lowest BCUT2D eigenvalue weighted by Gasteiger charge is -2.12. The molecule has 0 saturated carbocycles. The van der Waals surface area contributed by atoms with Crippen LogP contribution in [0.5, 0.6) is 5.75 Å². The molecule has 0 amide bonds. The summed E-state index contributed by atoms with van der Waals surface area (Å²) in [6.45, 7) is 10.2. The van der Waals surface area contributed by atoms with Crippen LogP contribution in [-0.2, 0) is 11.3 Å². The summed E-state index contributed by atoms with van der Waals surface area (Å²) in [5, 5.41) is 6.68. The Morgan fingerprint density at radius 3 is 2.68 bits per heavy atom. The van der Waals surface area contributed by atoms with Crippen molar-refractivity contribution in [2.45, 2.75) is 40.2 Å². The summed E-state index contributed by atoms with van der Waals surface area (Å²) in [5.41, 5.74) is 1.13. The average molecular weight is 463 g/mol. The van der Waals surface area contributed by atoms with Crippen LogP contribution in [0.15, 0.2) is 29.3 Å². The number of nitrogens with one attached hydrogen (secondary N) is 2. The lowest BCUT2D eigenvalue weighted by Crippen LogP contribution is -2.37. The molecule has 0 radical (unpaired) electrons. The van der Waals surface area contributed by atoms with Crippen LogP contribution < -0.4 is 15.4 Å². The molecule has 0 atom stereocenters. The summed E-state index contributed by atoms with van der Waals surface area (Å²) < 4.78 is 10.6. The van der Waals surface area contributed by atoms with E-state index in [9.17, 15) is 0 Å². The highest BCUT2D eigenvalue weighted by atomic mass is 127. The number of rotatable bonds is 11. The van der Waals surface area contributed by atoms with E-state index in [4.69, 9.17) is 9.47 Å². The monoisotopic (exact) mass is 463 g/mol. The minimum atomic E-state index is 0. The molecular formula is C19H34IN3O2. The molecule has 0 spiro atoms. The second kappa shape index (κ2) is 15.3. The van der Waals surface area contributed by atoms with E-state index < -0.39 is 0 Å². The smallest absolute Gasteiger partial charge is 0.191 e. The molecule has 0 fully saturated rings. The van der Waals surface area contributed by atoms with Gasteiger partial charge in [-0.25, -0.2) is 4.99 Å². The van der Waals surface area contributed by atoms with Crippen molar-refractivity contribution in [1.82, 2.24) is 10.6 Å². The van der Waals surface area contributed by atoms with Gasteiger partial charge in [-0.2, -0.15) is 0 Å². The Balaban J connectivity index is 0.00000576. The molecule has 0 aliphatic heterocycles. The largest absolute Gasteiger partial charge is 0.491 e. The summed E-state index contributed by atoms with van der Waals surface area (Å²) >= 11 is 0. The number of aliphatic imine (C=N–C) groups is 1. The first-order chi connectivity index (χ1) is 11.7. The average Bonchev–Trinajstić information content (AvgIpc) is 2.57. The molecule has 2 N–H and O–H groups in total. The Morgan fingerprint density at radius 1 is 1.20 bits per heavy atom. The molecule has 0 aliphatic carbocycles. The lowest BCUT2D eigenvalue weighted by molar-refractivity contribution is 0.146. The molecule has 5 nitrogen and oxygen atoms in total. The zero-order valence-electron chi connectivity index (χ0n) is 16.0. The molecular weight excluding hydrogens is 429 g/mol. The number of ether oxygens (including phenoxy) is 2. The first-order valence-electron chi connectivity index (χ1n) is 8.88. The fourth-order valence-electron chi connectivity index (χ4n) is 2.21. The quantitative estimate of drug-likeness (QED) is 0.227. The Morgan fingerprint density at radius 2 is 2.00 bits per heavy atom. The Bertz CT molecular complexity index is 481. The molecule has 6 heteroatoms. The maximum atomic E-state index is 5.64. The van der Waals surface area contributed by atoms with Gasteiger partial charge in [0.25, 0.3) is 0 Å². The first-order valence-corrected chi connectivity index (χ1v) is 8.88. The molecule has 1 aromatic carbocycles. The van der Waals surface area contributed by atoms with Gasteiger partial charge in [-0.1, -0.05) is 26.0 Å². The van der Waals surface area contributed by atoms with Crippen molar-refractivity contribution < 1.29 is 9.47 Å². The van der Waals surface area contributed by atoms with E-state index in [1.165, 1.54) is 6.42 Å². The van der Waals surface area contributed by atoms with Gasteiger partial charge in [0, 0.05) is 20.2 Å². The van der Waals surface area contributed by atoms with Crippen molar-refractivity contribution in [2.24, 2.45) is 10.9 Å². The van der Waals surface area contributed by atoms with Crippen molar-refractivity contribution in [1.29, 1.82) is 0 Å². The molecule has 0 aromatic heterocycles. The van der Waals surface area contributed by atoms with Gasteiger partial charge < -0.3 is 20.1 Å². The van der Waals surface area contributed by atoms with E-state index in [2.05, 4.69) is 42.5 Å². The van der Waals surface area contributed by atoms with Crippen LogP contribution in [-0.4, -0.2) is 39.4 Å². The standard InChI is InChI=1S/C19H33N3O2.HI/c1-5-20-19(21-11-7-8-16(2)3)22-15-17-9-6-10-18(14-17)24-13-12-23-4;/h6,9-10,14,16H,5,7-8,11-13,15H2,1-4H3,(H2,20,21,22);1H. The second-order valence-electron chi connectivity index (χ2n) is 6.15. The van der Waals surface area contributed by atoms with Gasteiger partial charge in [0.15, 0.2) is 5.96 Å². The molecule has 0 heterocycles. The van der Waals surface area contributed by atoms with Gasteiger partial charge >= 0.3 is 0 Å². The van der Waals surface area contributed by atoms with Crippen LogP contribution in [0.1, 0.15) is 39.2 Å². The molecule has 144 valence electrons. The third-order valence-corrected chi connectivity index (χ3v) is 3.47. The van der Waals surface area contributed by atoms with E-state index >= 15 is 0 Å². The predicted molar refractivity (Wildman–Crippen MR) is 116 cm³/mol. The number of methoxy groups -OCH3 is 1. The van der Waals surface area contributed by atoms with Crippen molar-refractivity contribution in [3.8, 4) is 5.75 Å². The summed E-state index contributed by atoms with van der Waals surface area (Å²) in [6.07, 6.45) is 2.39. The van der Waals surface area contributed by atoms with Gasteiger partial charge in [-0.05, 0) is 43.4 Å². The molecule has 1 aromatic rings. The van der Waals surface area contributed by atoms with E-state index in [1.807, 2.05) is 18.2 Å². The Kier molecular flexibility index (Phi) is 14.6. The number of guanidine groups is 1. The molecule has 0 saturated heterocycles. The van der Waals surface area contributed by atoms with Crippen LogP contribution in [0.2, 0.25) is 0 Å². The van der Waals surface area contributed by atoms with Crippen molar-refractivity contribution in [2.75, 3.05) is 33.4 Å². The number of hydrogen-bond acceptors (Lipinski definition) is 3. The molecule has 0 aliphatic rings. The minimum absolute atomic E-state index is 0. The minimum Gasteiger partial charge on any atom is -0.491 e. The van der Waals surface area contributed by atoms with Gasteiger partial charge in [0.1, 0.15) is 12.4 Å². The van der Waals surface area contributed by atoms with Gasteiger partial charge in [-0.3, -0.25) is 0 Å². The molecule has 0 unspecified atom stereocenters. The van der Waals surface area contributed by atoms with Gasteiger partial charge in [0.05, 0.1) is 13.2 Å². The highest BCUT2D eigenvalue weighted by Gasteiger charge is 2.00. The summed E-state index contributed by atoms with van der Waals surface area (Å²) in [4.78, 5) is 4.65. The fourth-order valence-corrected chi connectivity index (χ4v) is 2.21. The van der Waals surface area contributed by atoms with E-state index in [0.29, 0.717) is 19.8 Å². The highest BCUT2D eigenvalue weighted by molar-refractivity contribution is 14.0. The maximum absolute atomic E-state index is 5.64. The lowest BCUT2D eigenvalue weighted by atomic mass is 10.1. The Labute approximate surface area is 170 Å². The predicted octanol–water partition coefficient (Wildman–Crippen LogP) is 3.82. The van der Waals surface area contributed by atoms with E-state index in [-0.39, 0.29) is 24.0 Å². The SMILES string of the molecule is CCNC(=NCc1cccc(OCCOC)c1)NCCCC(C)C.I. The second-order valence-corrected chi connectivity index (χ2v) is 6.15. The summed E-state index contributed by atoms with van der Waals surface area (Å²) in [6, 6.07) is 8.05. The zero-order chi connectivity index (χ0) is 17.6. The van der Waals surface area contributed by atoms with E-state index in [0.717, 1.165) is 42.7 Å². The van der Waals surface area contributed by atoms with Crippen molar-refractivity contribution in [3.63, 3.8) is 0 Å². The number of halogens is 1. The zero-order valence-corrected chi connectivity index (χ0v) is 18.3. The third kappa shape index (κ3) is 12.0. The van der Waals surface area contributed by atoms with Crippen LogP contribution in [0.3, 0.4) is 0 Å². The first kappa shape index (κ1) is 24.0. The summed E-state index contributed by atoms with van der Waals surface area (Å²) in [7, 11) is 1.67. The topological polar surface area (TPSA) is 54.9 Å².